The van der Waals surface area contributed by atoms with Crippen LogP contribution in [0, 0.1) is 5.41 Å². The number of carboxylic acids is 1. The second-order valence-electron chi connectivity index (χ2n) is 10.6. The molecule has 0 aliphatic carbocycles. The molecule has 232 valence electrons. The van der Waals surface area contributed by atoms with Gasteiger partial charge in [-0.15, -0.1) is 0 Å². The second kappa shape index (κ2) is 14.6. The molecule has 1 heterocycles. The third-order valence-corrected chi connectivity index (χ3v) is 7.50. The zero-order chi connectivity index (χ0) is 32.5. The van der Waals surface area contributed by atoms with Gasteiger partial charge in [0.2, 0.25) is 0 Å². The Bertz CT molecular complexity index is 1700. The lowest BCUT2D eigenvalue weighted by Gasteiger charge is -2.31. The fourth-order valence-corrected chi connectivity index (χ4v) is 5.03. The van der Waals surface area contributed by atoms with E-state index in [9.17, 15) is 24.3 Å². The van der Waals surface area contributed by atoms with E-state index >= 15 is 0 Å². The molecule has 45 heavy (non-hydrogen) atoms. The Hall–Kier alpha value is -5.71. The van der Waals surface area contributed by atoms with Gasteiger partial charge in [0, 0.05) is 29.9 Å². The SMILES string of the molecule is C[C@H](C(=O)O)N(C(=O)[C@H](NC(=O)c1cccc(C(=N)N)c1)c1ccccc1)c1ccc2ccccc2c1.NC(=O)N1CCCC1. The zero-order valence-corrected chi connectivity index (χ0v) is 24.9. The number of urea groups is 1. The number of hydrogen-bond acceptors (Lipinski definition) is 5. The van der Waals surface area contributed by atoms with E-state index in [4.69, 9.17) is 16.9 Å². The van der Waals surface area contributed by atoms with Gasteiger partial charge < -0.3 is 26.8 Å². The topological polar surface area (TPSA) is 183 Å². The van der Waals surface area contributed by atoms with Crippen molar-refractivity contribution < 1.29 is 24.3 Å². The molecule has 0 bridgehead atoms. The van der Waals surface area contributed by atoms with Crippen LogP contribution in [0.3, 0.4) is 0 Å². The number of nitrogens with zero attached hydrogens (tertiary/aromatic N) is 2. The number of primary amides is 1. The molecule has 0 saturated carbocycles. The molecule has 4 aromatic carbocycles. The van der Waals surface area contributed by atoms with Crippen molar-refractivity contribution in [1.29, 1.82) is 5.41 Å². The van der Waals surface area contributed by atoms with E-state index in [1.54, 1.807) is 65.6 Å². The van der Waals surface area contributed by atoms with Gasteiger partial charge >= 0.3 is 12.0 Å². The molecule has 1 saturated heterocycles. The first-order chi connectivity index (χ1) is 21.6. The summed E-state index contributed by atoms with van der Waals surface area (Å²) in [6.07, 6.45) is 2.23. The fraction of sp³-hybridized carbons (Fsp3) is 0.206. The lowest BCUT2D eigenvalue weighted by atomic mass is 10.0. The number of fused-ring (bicyclic) bond motifs is 1. The lowest BCUT2D eigenvalue weighted by molar-refractivity contribution is -0.139. The zero-order valence-electron chi connectivity index (χ0n) is 24.9. The number of nitrogens with one attached hydrogen (secondary N) is 2. The summed E-state index contributed by atoms with van der Waals surface area (Å²) in [5, 5.41) is 22.1. The highest BCUT2D eigenvalue weighted by molar-refractivity contribution is 6.07. The van der Waals surface area contributed by atoms with Gasteiger partial charge in [-0.3, -0.25) is 19.9 Å². The number of likely N-dealkylation sites (tertiary alicyclic amines) is 1. The maximum atomic E-state index is 14.1. The Kier molecular flexibility index (Phi) is 10.5. The molecule has 11 nitrogen and oxygen atoms in total. The largest absolute Gasteiger partial charge is 0.480 e. The van der Waals surface area contributed by atoms with Gasteiger partial charge in [0.05, 0.1) is 0 Å². The Balaban J connectivity index is 0.000000501. The van der Waals surface area contributed by atoms with Crippen LogP contribution >= 0.6 is 0 Å². The van der Waals surface area contributed by atoms with Crippen molar-refractivity contribution >= 4 is 46.1 Å². The summed E-state index contributed by atoms with van der Waals surface area (Å²) in [5.41, 5.74) is 12.0. The highest BCUT2D eigenvalue weighted by atomic mass is 16.4. The summed E-state index contributed by atoms with van der Waals surface area (Å²) in [6.45, 7) is 3.14. The van der Waals surface area contributed by atoms with Crippen LogP contribution in [0.4, 0.5) is 10.5 Å². The third-order valence-electron chi connectivity index (χ3n) is 7.50. The normalized spacial score (nSPS) is 13.6. The number of benzene rings is 4. The Labute approximate surface area is 260 Å². The van der Waals surface area contributed by atoms with Crippen molar-refractivity contribution in [3.8, 4) is 0 Å². The van der Waals surface area contributed by atoms with Crippen LogP contribution in [-0.2, 0) is 9.59 Å². The van der Waals surface area contributed by atoms with E-state index in [0.717, 1.165) is 36.7 Å². The summed E-state index contributed by atoms with van der Waals surface area (Å²) in [7, 11) is 0. The van der Waals surface area contributed by atoms with E-state index in [0.29, 0.717) is 16.8 Å². The van der Waals surface area contributed by atoms with E-state index in [1.807, 2.05) is 30.3 Å². The second-order valence-corrected chi connectivity index (χ2v) is 10.6. The molecule has 0 aromatic heterocycles. The molecule has 4 aromatic rings. The molecular formula is C34H36N6O5. The number of carbonyl (C=O) groups excluding carboxylic acids is 3. The third kappa shape index (κ3) is 8.02. The fourth-order valence-electron chi connectivity index (χ4n) is 5.03. The van der Waals surface area contributed by atoms with Crippen LogP contribution in [0.25, 0.3) is 10.8 Å². The van der Waals surface area contributed by atoms with Gasteiger partial charge in [-0.1, -0.05) is 72.8 Å². The van der Waals surface area contributed by atoms with Gasteiger partial charge in [-0.05, 0) is 60.4 Å². The quantitative estimate of drug-likeness (QED) is 0.147. The molecule has 1 fully saturated rings. The van der Waals surface area contributed by atoms with E-state index in [1.165, 1.54) is 17.9 Å². The minimum atomic E-state index is -1.21. The van der Waals surface area contributed by atoms with Crippen molar-refractivity contribution in [1.82, 2.24) is 10.2 Å². The molecule has 4 amide bonds. The van der Waals surface area contributed by atoms with Crippen molar-refractivity contribution in [2.45, 2.75) is 31.8 Å². The highest BCUT2D eigenvalue weighted by Crippen LogP contribution is 2.28. The number of amides is 4. The van der Waals surface area contributed by atoms with E-state index in [-0.39, 0.29) is 17.4 Å². The lowest BCUT2D eigenvalue weighted by Crippen LogP contribution is -2.49. The molecule has 7 N–H and O–H groups in total. The van der Waals surface area contributed by atoms with Crippen molar-refractivity contribution in [3.63, 3.8) is 0 Å². The van der Waals surface area contributed by atoms with Crippen LogP contribution in [-0.4, -0.2) is 58.8 Å². The maximum Gasteiger partial charge on any atom is 0.326 e. The summed E-state index contributed by atoms with van der Waals surface area (Å²) < 4.78 is 0. The molecule has 1 aliphatic rings. The smallest absolute Gasteiger partial charge is 0.326 e. The monoisotopic (exact) mass is 608 g/mol. The van der Waals surface area contributed by atoms with Crippen LogP contribution in [0.5, 0.6) is 0 Å². The number of carbonyl (C=O) groups is 4. The molecule has 1 aliphatic heterocycles. The van der Waals surface area contributed by atoms with Crippen LogP contribution < -0.4 is 21.7 Å². The van der Waals surface area contributed by atoms with Crippen molar-refractivity contribution in [2.75, 3.05) is 18.0 Å². The Morgan fingerprint density at radius 2 is 1.44 bits per heavy atom. The first-order valence-corrected chi connectivity index (χ1v) is 14.5. The summed E-state index contributed by atoms with van der Waals surface area (Å²) >= 11 is 0. The molecule has 2 atom stereocenters. The molecule has 0 radical (unpaired) electrons. The number of rotatable bonds is 8. The number of carboxylic acid groups (broad SMARTS) is 1. The average molecular weight is 609 g/mol. The molecule has 0 spiro atoms. The van der Waals surface area contributed by atoms with Crippen LogP contribution in [0.15, 0.2) is 97.1 Å². The predicted octanol–water partition coefficient (Wildman–Crippen LogP) is 4.26. The molecule has 0 unspecified atom stereocenters. The summed E-state index contributed by atoms with van der Waals surface area (Å²) in [5.74, 6) is -2.55. The minimum absolute atomic E-state index is 0.192. The first-order valence-electron chi connectivity index (χ1n) is 14.5. The first kappa shape index (κ1) is 32.2. The molecule has 5 rings (SSSR count). The summed E-state index contributed by atoms with van der Waals surface area (Å²) in [6, 6.07) is 25.0. The number of nitrogens with two attached hydrogens (primary N) is 2. The van der Waals surface area contributed by atoms with Gasteiger partial charge in [-0.2, -0.15) is 0 Å². The number of amidine groups is 1. The van der Waals surface area contributed by atoms with Gasteiger partial charge in [0.15, 0.2) is 0 Å². The molecule has 11 heteroatoms. The van der Waals surface area contributed by atoms with Crippen molar-refractivity contribution in [2.24, 2.45) is 11.5 Å². The van der Waals surface area contributed by atoms with Gasteiger partial charge in [-0.25, -0.2) is 9.59 Å². The number of aliphatic carboxylic acids is 1. The Morgan fingerprint density at radius 1 is 0.822 bits per heavy atom. The molecular weight excluding hydrogens is 572 g/mol. The van der Waals surface area contributed by atoms with Crippen molar-refractivity contribution in [3.05, 3.63) is 114 Å². The maximum absolute atomic E-state index is 14.1. The average Bonchev–Trinajstić information content (AvgIpc) is 3.60. The number of anilines is 1. The summed E-state index contributed by atoms with van der Waals surface area (Å²) in [4.78, 5) is 52.6. The predicted molar refractivity (Wildman–Crippen MR) is 173 cm³/mol. The van der Waals surface area contributed by atoms with Crippen LogP contribution in [0.2, 0.25) is 0 Å². The Morgan fingerprint density at radius 3 is 2.04 bits per heavy atom. The number of nitrogen functional groups attached to an aromatic ring is 1. The van der Waals surface area contributed by atoms with Gasteiger partial charge in [0.1, 0.15) is 17.9 Å². The highest BCUT2D eigenvalue weighted by Gasteiger charge is 2.34. The van der Waals surface area contributed by atoms with E-state index in [2.05, 4.69) is 5.32 Å². The standard InChI is InChI=1S/C29H26N4O4.C5H10N2O/c1-18(29(36)37)33(24-15-14-19-8-5-6-11-21(19)17-24)28(35)25(20-9-3-2-4-10-20)32-27(34)23-13-7-12-22(16-23)26(30)31;6-5(8)7-3-1-2-4-7/h2-18,25H,1H3,(H3,30,31)(H,32,34)(H,36,37);1-4H2,(H2,6,8)/t18-,25-;/m1./s1. The number of hydrogen-bond donors (Lipinski definition) is 5. The van der Waals surface area contributed by atoms with Gasteiger partial charge in [0.25, 0.3) is 11.8 Å². The van der Waals surface area contributed by atoms with Crippen LogP contribution in [0.1, 0.15) is 47.3 Å². The van der Waals surface area contributed by atoms with E-state index < -0.39 is 29.9 Å². The minimum Gasteiger partial charge on any atom is -0.480 e.